The van der Waals surface area contributed by atoms with Crippen molar-refractivity contribution in [3.05, 3.63) is 47.5 Å². The Hall–Kier alpha value is -5.18. The van der Waals surface area contributed by atoms with Crippen molar-refractivity contribution in [2.45, 2.75) is 154 Å². The lowest BCUT2D eigenvalue weighted by Crippen LogP contribution is -2.05. The number of methoxy groups -OCH3 is 2. The third-order valence-electron chi connectivity index (χ3n) is 9.94. The van der Waals surface area contributed by atoms with E-state index in [0.29, 0.717) is 60.6 Å². The molecule has 0 saturated carbocycles. The van der Waals surface area contributed by atoms with Gasteiger partial charge in [0.25, 0.3) is 0 Å². The van der Waals surface area contributed by atoms with E-state index in [4.69, 9.17) is 28.4 Å². The molecule has 2 aromatic rings. The minimum Gasteiger partial charge on any atom is -0.493 e. The van der Waals surface area contributed by atoms with Gasteiger partial charge in [-0.1, -0.05) is 101 Å². The highest BCUT2D eigenvalue weighted by Gasteiger charge is 2.12. The Morgan fingerprint density at radius 3 is 0.850 bits per heavy atom. The Morgan fingerprint density at radius 1 is 0.367 bits per heavy atom. The highest BCUT2D eigenvalue weighted by molar-refractivity contribution is 5.90. The first-order chi connectivity index (χ1) is 29.6. The number of hydrogen-bond acceptors (Lipinski definition) is 8. The molecule has 0 aliphatic carbocycles. The number of fused-ring (bicyclic) bond motifs is 4. The number of carbonyl (C=O) groups is 2. The molecule has 60 heavy (non-hydrogen) atoms. The van der Waals surface area contributed by atoms with E-state index in [1.807, 2.05) is 12.1 Å². The summed E-state index contributed by atoms with van der Waals surface area (Å²) in [5.41, 5.74) is 0.858. The van der Waals surface area contributed by atoms with Gasteiger partial charge in [0.15, 0.2) is 0 Å². The second kappa shape index (κ2) is 33.6. The number of ether oxygens (including phenoxy) is 6. The molecule has 8 heteroatoms. The van der Waals surface area contributed by atoms with Crippen LogP contribution in [0.1, 0.15) is 175 Å². The summed E-state index contributed by atoms with van der Waals surface area (Å²) in [6.45, 7) is 2.32. The summed E-state index contributed by atoms with van der Waals surface area (Å²) in [7, 11) is 2.76. The van der Waals surface area contributed by atoms with Crippen LogP contribution in [0.2, 0.25) is 0 Å². The van der Waals surface area contributed by atoms with Gasteiger partial charge in [0, 0.05) is 37.8 Å². The van der Waals surface area contributed by atoms with Gasteiger partial charge in [0.2, 0.25) is 0 Å². The highest BCUT2D eigenvalue weighted by atomic mass is 16.5. The zero-order valence-electron chi connectivity index (χ0n) is 36.5. The number of esters is 2. The molecule has 0 unspecified atom stereocenters. The normalized spacial score (nSPS) is 17.0. The second-order valence-electron chi connectivity index (χ2n) is 15.0. The number of rotatable bonds is 2. The Morgan fingerprint density at radius 2 is 0.600 bits per heavy atom. The van der Waals surface area contributed by atoms with Gasteiger partial charge in [-0.05, 0) is 99.3 Å². The van der Waals surface area contributed by atoms with Crippen molar-refractivity contribution in [2.75, 3.05) is 40.6 Å². The van der Waals surface area contributed by atoms with Crippen LogP contribution in [0.5, 0.6) is 23.0 Å². The minimum absolute atomic E-state index is 0.405. The van der Waals surface area contributed by atoms with E-state index in [2.05, 4.69) is 47.4 Å². The number of benzene rings is 2. The van der Waals surface area contributed by atoms with E-state index in [0.717, 1.165) is 154 Å². The maximum Gasteiger partial charge on any atom is 0.338 e. The molecule has 8 nitrogen and oxygen atoms in total. The van der Waals surface area contributed by atoms with Crippen molar-refractivity contribution in [2.24, 2.45) is 0 Å². The number of hydrogen-bond donors (Lipinski definition) is 0. The molecule has 0 fully saturated rings. The molecule has 1 aliphatic rings. The summed E-state index contributed by atoms with van der Waals surface area (Å²) < 4.78 is 34.0. The van der Waals surface area contributed by atoms with Gasteiger partial charge in [0.05, 0.1) is 51.8 Å². The van der Waals surface area contributed by atoms with Crippen LogP contribution in [0.4, 0.5) is 0 Å². The SMILES string of the molecule is COC(=O)c1cc2cc(c1)OCCCCCCCC#CC#CCCCCCCCOc1cc(cc(C(=O)OC)c1)OCCCCCCCC#CC#CCCCCCCCO2. The predicted molar refractivity (Wildman–Crippen MR) is 239 cm³/mol. The fraction of sp³-hybridized carbons (Fsp3) is 0.577. The van der Waals surface area contributed by atoms with Crippen LogP contribution < -0.4 is 18.9 Å². The van der Waals surface area contributed by atoms with E-state index in [1.165, 1.54) is 14.2 Å². The summed E-state index contributed by atoms with van der Waals surface area (Å²) in [4.78, 5) is 24.6. The Bertz CT molecular complexity index is 1540. The van der Waals surface area contributed by atoms with Crippen LogP contribution in [-0.4, -0.2) is 52.6 Å². The van der Waals surface area contributed by atoms with Crippen LogP contribution in [-0.2, 0) is 9.47 Å². The maximum atomic E-state index is 12.3. The van der Waals surface area contributed by atoms with Gasteiger partial charge in [-0.15, -0.1) is 0 Å². The minimum atomic E-state index is -0.405. The molecule has 1 aliphatic heterocycles. The first-order valence-electron chi connectivity index (χ1n) is 22.5. The standard InChI is InChI=1S/C52H68O8/c1-55-51(53)45-39-47-43-48(40-45)58-36-32-28-24-20-16-12-8-4-6-10-14-18-22-26-30-34-38-60-50-42-46(52(54)56-2)41-49(44-50)59-37-33-29-25-21-17-13-9-5-3-7-11-15-19-23-27-31-35-57-47/h39-44H,11-38H2,1-2H3. The lowest BCUT2D eigenvalue weighted by atomic mass is 10.1. The second-order valence-corrected chi connectivity index (χ2v) is 15.0. The zero-order valence-corrected chi connectivity index (χ0v) is 36.5. The smallest absolute Gasteiger partial charge is 0.338 e. The summed E-state index contributed by atoms with van der Waals surface area (Å²) in [5, 5.41) is 0. The van der Waals surface area contributed by atoms with Crippen molar-refractivity contribution < 1.29 is 38.0 Å². The summed E-state index contributed by atoms with van der Waals surface area (Å²) in [5.74, 6) is 26.5. The lowest BCUT2D eigenvalue weighted by Gasteiger charge is -2.12. The molecule has 0 N–H and O–H groups in total. The molecule has 1 heterocycles. The van der Waals surface area contributed by atoms with Crippen LogP contribution in [0.3, 0.4) is 0 Å². The van der Waals surface area contributed by atoms with E-state index in [9.17, 15) is 9.59 Å². The number of carbonyl (C=O) groups excluding carboxylic acids is 2. The summed E-state index contributed by atoms with van der Waals surface area (Å²) >= 11 is 0. The zero-order chi connectivity index (χ0) is 42.6. The molecule has 0 amide bonds. The Balaban J connectivity index is 1.44. The first kappa shape index (κ1) is 49.2. The average Bonchev–Trinajstić information content (AvgIpc) is 3.26. The van der Waals surface area contributed by atoms with E-state index >= 15 is 0 Å². The predicted octanol–water partition coefficient (Wildman–Crippen LogP) is 11.9. The fourth-order valence-electron chi connectivity index (χ4n) is 6.52. The van der Waals surface area contributed by atoms with Crippen molar-refractivity contribution in [3.63, 3.8) is 0 Å². The fourth-order valence-corrected chi connectivity index (χ4v) is 6.52. The third-order valence-corrected chi connectivity index (χ3v) is 9.94. The summed E-state index contributed by atoms with van der Waals surface area (Å²) in [6.07, 6.45) is 24.8. The molecule has 2 aromatic carbocycles. The molecule has 0 radical (unpaired) electrons. The Kier molecular flexibility index (Phi) is 27.6. The largest absolute Gasteiger partial charge is 0.493 e. The quantitative estimate of drug-likeness (QED) is 0.219. The van der Waals surface area contributed by atoms with Gasteiger partial charge in [0.1, 0.15) is 23.0 Å². The topological polar surface area (TPSA) is 89.5 Å². The van der Waals surface area contributed by atoms with Gasteiger partial charge in [-0.3, -0.25) is 0 Å². The monoisotopic (exact) mass is 820 g/mol. The van der Waals surface area contributed by atoms with Crippen molar-refractivity contribution in [1.82, 2.24) is 0 Å². The van der Waals surface area contributed by atoms with Gasteiger partial charge in [-0.2, -0.15) is 0 Å². The van der Waals surface area contributed by atoms with Gasteiger partial charge in [-0.25, -0.2) is 9.59 Å². The molecule has 4 bridgehead atoms. The highest BCUT2D eigenvalue weighted by Crippen LogP contribution is 2.26. The van der Waals surface area contributed by atoms with Gasteiger partial charge < -0.3 is 28.4 Å². The van der Waals surface area contributed by atoms with Crippen molar-refractivity contribution in [1.29, 1.82) is 0 Å². The van der Waals surface area contributed by atoms with Crippen LogP contribution >= 0.6 is 0 Å². The molecule has 324 valence electrons. The van der Waals surface area contributed by atoms with E-state index < -0.39 is 11.9 Å². The summed E-state index contributed by atoms with van der Waals surface area (Å²) in [6, 6.07) is 10.6. The van der Waals surface area contributed by atoms with Crippen molar-refractivity contribution in [3.8, 4) is 70.4 Å². The van der Waals surface area contributed by atoms with Crippen LogP contribution in [0.15, 0.2) is 36.4 Å². The third kappa shape index (κ3) is 24.0. The van der Waals surface area contributed by atoms with Crippen LogP contribution in [0, 0.1) is 47.4 Å². The molecule has 0 spiro atoms. The molecule has 0 saturated heterocycles. The molecular weight excluding hydrogens is 753 g/mol. The first-order valence-corrected chi connectivity index (χ1v) is 22.5. The average molecular weight is 821 g/mol. The van der Waals surface area contributed by atoms with Crippen molar-refractivity contribution >= 4 is 11.9 Å². The van der Waals surface area contributed by atoms with E-state index in [1.54, 1.807) is 24.3 Å². The lowest BCUT2D eigenvalue weighted by molar-refractivity contribution is 0.0591. The van der Waals surface area contributed by atoms with E-state index in [-0.39, 0.29) is 0 Å². The molecule has 0 atom stereocenters. The molecule has 0 aromatic heterocycles. The van der Waals surface area contributed by atoms with Gasteiger partial charge >= 0.3 is 11.9 Å². The Labute approximate surface area is 361 Å². The molecular formula is C52H68O8. The van der Waals surface area contributed by atoms with Crippen LogP contribution in [0.25, 0.3) is 0 Å². The molecule has 3 rings (SSSR count). The maximum absolute atomic E-state index is 12.3.